The molecule has 1 N–H and O–H groups in total. The molecule has 1 aliphatic rings. The van der Waals surface area contributed by atoms with Gasteiger partial charge in [-0.2, -0.15) is 10.1 Å². The fraction of sp³-hybridized carbons (Fsp3) is 0.688. The van der Waals surface area contributed by atoms with Gasteiger partial charge in [-0.1, -0.05) is 5.16 Å². The molecule has 3 atom stereocenters. The lowest BCUT2D eigenvalue weighted by Gasteiger charge is -2.36. The number of rotatable bonds is 5. The summed E-state index contributed by atoms with van der Waals surface area (Å²) in [5.41, 5.74) is -0.529. The highest BCUT2D eigenvalue weighted by Crippen LogP contribution is 2.34. The van der Waals surface area contributed by atoms with E-state index in [1.807, 2.05) is 26.1 Å². The van der Waals surface area contributed by atoms with Crippen LogP contribution in [0.4, 0.5) is 5.82 Å². The largest absolute Gasteiger partial charge is 0.371 e. The average Bonchev–Trinajstić information content (AvgIpc) is 3.16. The van der Waals surface area contributed by atoms with Gasteiger partial charge < -0.3 is 14.6 Å². The standard InChI is InChI=1S/C16H25N5O2/c1-10-12(11(2)21-13(18-10)8-9-17-21)6-7-14-19-15(20-23-14)16(3,4)22-5/h8-12,18H,6-7H2,1-5H3. The maximum Gasteiger partial charge on any atom is 0.226 e. The van der Waals surface area contributed by atoms with Crippen molar-refractivity contribution >= 4 is 5.82 Å². The summed E-state index contributed by atoms with van der Waals surface area (Å²) >= 11 is 0. The first-order valence-corrected chi connectivity index (χ1v) is 8.10. The Hall–Kier alpha value is -1.89. The first-order chi connectivity index (χ1) is 10.9. The molecule has 7 heteroatoms. The van der Waals surface area contributed by atoms with Gasteiger partial charge in [-0.05, 0) is 34.1 Å². The zero-order chi connectivity index (χ0) is 16.6. The van der Waals surface area contributed by atoms with Crippen LogP contribution in [0.1, 0.15) is 51.9 Å². The maximum absolute atomic E-state index is 5.39. The minimum Gasteiger partial charge on any atom is -0.371 e. The molecule has 0 saturated heterocycles. The molecule has 0 bridgehead atoms. The van der Waals surface area contributed by atoms with E-state index in [1.165, 1.54) is 0 Å². The minimum absolute atomic E-state index is 0.342. The van der Waals surface area contributed by atoms with Gasteiger partial charge in [0.25, 0.3) is 0 Å². The molecule has 2 aromatic heterocycles. The van der Waals surface area contributed by atoms with Crippen molar-refractivity contribution in [2.24, 2.45) is 5.92 Å². The molecule has 2 aromatic rings. The van der Waals surface area contributed by atoms with Crippen molar-refractivity contribution in [3.63, 3.8) is 0 Å². The van der Waals surface area contributed by atoms with Crippen LogP contribution in [-0.2, 0) is 16.8 Å². The SMILES string of the molecule is COC(C)(C)c1noc(CCC2C(C)Nc3ccnn3C2C)n1. The lowest BCUT2D eigenvalue weighted by atomic mass is 9.87. The molecular weight excluding hydrogens is 294 g/mol. The van der Waals surface area contributed by atoms with Crippen LogP contribution in [0.25, 0.3) is 0 Å². The zero-order valence-corrected chi connectivity index (χ0v) is 14.4. The van der Waals surface area contributed by atoms with Crippen LogP contribution < -0.4 is 5.32 Å². The van der Waals surface area contributed by atoms with Crippen LogP contribution >= 0.6 is 0 Å². The molecule has 0 saturated carbocycles. The molecule has 126 valence electrons. The number of nitrogens with zero attached hydrogens (tertiary/aromatic N) is 4. The van der Waals surface area contributed by atoms with Gasteiger partial charge in [0.1, 0.15) is 11.4 Å². The predicted octanol–water partition coefficient (Wildman–Crippen LogP) is 2.77. The second-order valence-electron chi connectivity index (χ2n) is 6.76. The monoisotopic (exact) mass is 319 g/mol. The van der Waals surface area contributed by atoms with Gasteiger partial charge in [-0.3, -0.25) is 0 Å². The first kappa shape index (κ1) is 16.0. The minimum atomic E-state index is -0.529. The van der Waals surface area contributed by atoms with Crippen molar-refractivity contribution in [3.05, 3.63) is 24.0 Å². The van der Waals surface area contributed by atoms with Gasteiger partial charge in [0.05, 0.1) is 12.2 Å². The molecule has 0 fully saturated rings. The van der Waals surface area contributed by atoms with E-state index < -0.39 is 5.60 Å². The van der Waals surface area contributed by atoms with E-state index >= 15 is 0 Å². The number of methoxy groups -OCH3 is 1. The second-order valence-corrected chi connectivity index (χ2v) is 6.76. The molecular formula is C16H25N5O2. The smallest absolute Gasteiger partial charge is 0.226 e. The van der Waals surface area contributed by atoms with Crippen molar-refractivity contribution in [1.29, 1.82) is 0 Å². The fourth-order valence-corrected chi connectivity index (χ4v) is 3.17. The number of hydrogen-bond acceptors (Lipinski definition) is 6. The van der Waals surface area contributed by atoms with E-state index in [-0.39, 0.29) is 0 Å². The number of hydrogen-bond donors (Lipinski definition) is 1. The third kappa shape index (κ3) is 2.97. The number of aromatic nitrogens is 4. The third-order valence-electron chi connectivity index (χ3n) is 4.90. The predicted molar refractivity (Wildman–Crippen MR) is 86.2 cm³/mol. The summed E-state index contributed by atoms with van der Waals surface area (Å²) in [4.78, 5) is 4.48. The van der Waals surface area contributed by atoms with Crippen molar-refractivity contribution in [2.75, 3.05) is 12.4 Å². The van der Waals surface area contributed by atoms with Gasteiger partial charge in [-0.25, -0.2) is 4.68 Å². The van der Waals surface area contributed by atoms with Crippen molar-refractivity contribution in [2.45, 2.75) is 58.2 Å². The third-order valence-corrected chi connectivity index (χ3v) is 4.90. The second kappa shape index (κ2) is 5.96. The highest BCUT2D eigenvalue weighted by atomic mass is 16.5. The Balaban J connectivity index is 1.67. The fourth-order valence-electron chi connectivity index (χ4n) is 3.17. The highest BCUT2D eigenvalue weighted by molar-refractivity contribution is 5.38. The highest BCUT2D eigenvalue weighted by Gasteiger charge is 2.32. The molecule has 7 nitrogen and oxygen atoms in total. The Labute approximate surface area is 136 Å². The molecule has 3 rings (SSSR count). The first-order valence-electron chi connectivity index (χ1n) is 8.10. The van der Waals surface area contributed by atoms with Crippen molar-refractivity contribution in [3.8, 4) is 0 Å². The maximum atomic E-state index is 5.39. The normalized spacial score (nSPS) is 24.3. The lowest BCUT2D eigenvalue weighted by Crippen LogP contribution is -2.38. The van der Waals surface area contributed by atoms with Gasteiger partial charge in [0, 0.05) is 31.6 Å². The van der Waals surface area contributed by atoms with Crippen LogP contribution in [0.2, 0.25) is 0 Å². The van der Waals surface area contributed by atoms with E-state index in [4.69, 9.17) is 9.26 Å². The summed E-state index contributed by atoms with van der Waals surface area (Å²) in [6.07, 6.45) is 3.55. The molecule has 3 heterocycles. The molecule has 0 aliphatic carbocycles. The molecule has 0 radical (unpaired) electrons. The molecule has 0 aromatic carbocycles. The Bertz CT molecular complexity index is 663. The van der Waals surface area contributed by atoms with Gasteiger partial charge >= 0.3 is 0 Å². The molecule has 3 unspecified atom stereocenters. The number of ether oxygens (including phenoxy) is 1. The summed E-state index contributed by atoms with van der Waals surface area (Å²) in [7, 11) is 1.65. The number of anilines is 1. The Morgan fingerprint density at radius 2 is 2.17 bits per heavy atom. The summed E-state index contributed by atoms with van der Waals surface area (Å²) in [6, 6.07) is 2.74. The Kier molecular flexibility index (Phi) is 4.14. The number of fused-ring (bicyclic) bond motifs is 1. The van der Waals surface area contributed by atoms with Gasteiger partial charge in [0.2, 0.25) is 11.7 Å². The molecule has 23 heavy (non-hydrogen) atoms. The summed E-state index contributed by atoms with van der Waals surface area (Å²) in [5.74, 6) is 2.79. The summed E-state index contributed by atoms with van der Waals surface area (Å²) in [5, 5.41) is 12.0. The molecule has 0 amide bonds. The average molecular weight is 319 g/mol. The van der Waals surface area contributed by atoms with Crippen LogP contribution in [0, 0.1) is 5.92 Å². The van der Waals surface area contributed by atoms with E-state index in [9.17, 15) is 0 Å². The zero-order valence-electron chi connectivity index (χ0n) is 14.4. The molecule has 0 spiro atoms. The van der Waals surface area contributed by atoms with Crippen molar-refractivity contribution in [1.82, 2.24) is 19.9 Å². The van der Waals surface area contributed by atoms with E-state index in [0.717, 1.165) is 18.7 Å². The topological polar surface area (TPSA) is 78.0 Å². The molecule has 1 aliphatic heterocycles. The van der Waals surface area contributed by atoms with Crippen LogP contribution in [-0.4, -0.2) is 33.1 Å². The Morgan fingerprint density at radius 3 is 2.91 bits per heavy atom. The van der Waals surface area contributed by atoms with Gasteiger partial charge in [0.15, 0.2) is 0 Å². The van der Waals surface area contributed by atoms with Crippen LogP contribution in [0.3, 0.4) is 0 Å². The number of nitrogens with one attached hydrogen (secondary N) is 1. The summed E-state index contributed by atoms with van der Waals surface area (Å²) < 4.78 is 12.8. The van der Waals surface area contributed by atoms with Gasteiger partial charge in [-0.15, -0.1) is 0 Å². The van der Waals surface area contributed by atoms with E-state index in [2.05, 4.69) is 39.1 Å². The van der Waals surface area contributed by atoms with Crippen LogP contribution in [0.5, 0.6) is 0 Å². The summed E-state index contributed by atoms with van der Waals surface area (Å²) in [6.45, 7) is 8.28. The Morgan fingerprint density at radius 1 is 1.39 bits per heavy atom. The van der Waals surface area contributed by atoms with Crippen molar-refractivity contribution < 1.29 is 9.26 Å². The lowest BCUT2D eigenvalue weighted by molar-refractivity contribution is 0.00973. The van der Waals surface area contributed by atoms with E-state index in [1.54, 1.807) is 7.11 Å². The number of aryl methyl sites for hydroxylation is 1. The van der Waals surface area contributed by atoms with E-state index in [0.29, 0.717) is 29.7 Å². The quantitative estimate of drug-likeness (QED) is 0.913. The van der Waals surface area contributed by atoms with Crippen LogP contribution in [0.15, 0.2) is 16.8 Å².